The fourth-order valence-corrected chi connectivity index (χ4v) is 5.93. The second kappa shape index (κ2) is 7.75. The molecule has 0 N–H and O–H groups in total. The molecule has 0 atom stereocenters. The predicted octanol–water partition coefficient (Wildman–Crippen LogP) is 8.60. The number of fused-ring (bicyclic) bond motifs is 7. The molecule has 0 saturated carbocycles. The summed E-state index contributed by atoms with van der Waals surface area (Å²) in [6.07, 6.45) is 0. The second-order valence-electron chi connectivity index (χ2n) is 11.6. The molecule has 0 unspecified atom stereocenters. The maximum atomic E-state index is 6.72. The summed E-state index contributed by atoms with van der Waals surface area (Å²) in [5.74, 6) is 0. The Labute approximate surface area is 226 Å². The largest absolute Gasteiger partial charge is 0.495 e. The Morgan fingerprint density at radius 3 is 1.97 bits per heavy atom. The molecule has 1 saturated heterocycles. The van der Waals surface area contributed by atoms with Gasteiger partial charge in [-0.3, -0.25) is 0 Å². The predicted molar refractivity (Wildman–Crippen MR) is 160 cm³/mol. The van der Waals surface area contributed by atoms with Gasteiger partial charge in [0.1, 0.15) is 22.3 Å². The zero-order valence-electron chi connectivity index (χ0n) is 22.4. The molecule has 39 heavy (non-hydrogen) atoms. The van der Waals surface area contributed by atoms with Crippen LogP contribution < -0.4 is 5.46 Å². The second-order valence-corrected chi connectivity index (χ2v) is 11.6. The summed E-state index contributed by atoms with van der Waals surface area (Å²) in [4.78, 5) is 0. The van der Waals surface area contributed by atoms with Gasteiger partial charge in [0.15, 0.2) is 0 Å². The minimum atomic E-state index is -0.513. The number of para-hydroxylation sites is 2. The van der Waals surface area contributed by atoms with Gasteiger partial charge in [-0.05, 0) is 62.1 Å². The van der Waals surface area contributed by atoms with E-state index in [0.29, 0.717) is 0 Å². The van der Waals surface area contributed by atoms with Crippen LogP contribution in [0.2, 0.25) is 0 Å². The van der Waals surface area contributed by atoms with Crippen molar-refractivity contribution >= 4 is 67.2 Å². The summed E-state index contributed by atoms with van der Waals surface area (Å²) >= 11 is 0. The van der Waals surface area contributed by atoms with Crippen LogP contribution in [0.3, 0.4) is 0 Å². The Hall–Kier alpha value is -4.06. The smallest absolute Gasteiger partial charge is 0.455 e. The fraction of sp³-hybridized carbons (Fsp3) is 0.176. The first-order valence-corrected chi connectivity index (χ1v) is 13.4. The third-order valence-electron chi connectivity index (χ3n) is 8.72. The molecule has 0 amide bonds. The van der Waals surface area contributed by atoms with Crippen molar-refractivity contribution in [2.24, 2.45) is 0 Å². The number of benzene rings is 5. The maximum Gasteiger partial charge on any atom is 0.495 e. The maximum absolute atomic E-state index is 6.72. The van der Waals surface area contributed by atoms with Gasteiger partial charge in [-0.2, -0.15) is 0 Å². The molecule has 5 heteroatoms. The molecule has 7 aromatic rings. The summed E-state index contributed by atoms with van der Waals surface area (Å²) in [5, 5.41) is 6.56. The van der Waals surface area contributed by atoms with Gasteiger partial charge >= 0.3 is 7.12 Å². The highest BCUT2D eigenvalue weighted by atomic mass is 16.7. The van der Waals surface area contributed by atoms with Crippen LogP contribution in [-0.4, -0.2) is 18.3 Å². The van der Waals surface area contributed by atoms with E-state index in [0.717, 1.165) is 71.2 Å². The quantitative estimate of drug-likeness (QED) is 0.219. The average molecular weight is 510 g/mol. The van der Waals surface area contributed by atoms with Crippen molar-refractivity contribution in [3.05, 3.63) is 91.0 Å². The first-order chi connectivity index (χ1) is 18.8. The van der Waals surface area contributed by atoms with Gasteiger partial charge in [-0.1, -0.05) is 72.8 Å². The topological polar surface area (TPSA) is 44.7 Å². The average Bonchev–Trinajstić information content (AvgIpc) is 3.55. The van der Waals surface area contributed by atoms with Crippen LogP contribution >= 0.6 is 0 Å². The molecule has 5 aromatic carbocycles. The lowest BCUT2D eigenvalue weighted by Crippen LogP contribution is -2.41. The number of furan rings is 2. The highest BCUT2D eigenvalue weighted by Crippen LogP contribution is 2.43. The molecule has 0 bridgehead atoms. The van der Waals surface area contributed by atoms with Crippen LogP contribution in [0.15, 0.2) is 99.8 Å². The number of hydrogen-bond acceptors (Lipinski definition) is 4. The lowest BCUT2D eigenvalue weighted by Gasteiger charge is -2.32. The monoisotopic (exact) mass is 510 g/mol. The van der Waals surface area contributed by atoms with Gasteiger partial charge in [0.05, 0.1) is 11.2 Å². The molecule has 2 aromatic heterocycles. The minimum absolute atomic E-state index is 0.450. The van der Waals surface area contributed by atoms with Gasteiger partial charge in [0, 0.05) is 32.7 Å². The van der Waals surface area contributed by atoms with Gasteiger partial charge in [0.2, 0.25) is 0 Å². The summed E-state index contributed by atoms with van der Waals surface area (Å²) in [6, 6.07) is 31.5. The number of hydrogen-bond donors (Lipinski definition) is 0. The van der Waals surface area contributed by atoms with Crippen LogP contribution in [0.25, 0.3) is 65.8 Å². The normalized spacial score (nSPS) is 16.9. The van der Waals surface area contributed by atoms with E-state index in [2.05, 4.69) is 100 Å². The zero-order valence-corrected chi connectivity index (χ0v) is 22.4. The van der Waals surface area contributed by atoms with Crippen LogP contribution in [0, 0.1) is 0 Å². The fourth-order valence-electron chi connectivity index (χ4n) is 5.93. The number of rotatable bonds is 2. The Morgan fingerprint density at radius 1 is 0.538 bits per heavy atom. The lowest BCUT2D eigenvalue weighted by atomic mass is 9.75. The van der Waals surface area contributed by atoms with E-state index >= 15 is 0 Å². The summed E-state index contributed by atoms with van der Waals surface area (Å²) in [7, 11) is -0.513. The third kappa shape index (κ3) is 3.21. The van der Waals surface area contributed by atoms with Gasteiger partial charge in [0.25, 0.3) is 0 Å². The molecular formula is C34H27BO4. The van der Waals surface area contributed by atoms with Crippen molar-refractivity contribution in [3.8, 4) is 11.1 Å². The van der Waals surface area contributed by atoms with Crippen molar-refractivity contribution in [1.82, 2.24) is 0 Å². The molecule has 0 spiro atoms. The molecule has 8 rings (SSSR count). The summed E-state index contributed by atoms with van der Waals surface area (Å²) in [6.45, 7) is 8.34. The van der Waals surface area contributed by atoms with E-state index in [1.807, 2.05) is 18.2 Å². The summed E-state index contributed by atoms with van der Waals surface area (Å²) in [5.41, 5.74) is 5.43. The van der Waals surface area contributed by atoms with Crippen molar-refractivity contribution in [3.63, 3.8) is 0 Å². The molecule has 0 aliphatic carbocycles. The van der Waals surface area contributed by atoms with Crippen molar-refractivity contribution in [2.75, 3.05) is 0 Å². The standard InChI is InChI=1S/C34H27BO4/c1-33(2)34(3,4)39-35(38-33)27-17-16-25(24-14-9-13-23-22-12-7-8-15-28(22)36-31(23)24)32-30(27)26-18-20-10-5-6-11-21(20)19-29(26)37-32/h5-19H,1-4H3. The van der Waals surface area contributed by atoms with E-state index in [1.54, 1.807) is 0 Å². The van der Waals surface area contributed by atoms with Crippen LogP contribution in [0.4, 0.5) is 0 Å². The Bertz CT molecular complexity index is 2080. The molecule has 1 fully saturated rings. The highest BCUT2D eigenvalue weighted by molar-refractivity contribution is 6.66. The first kappa shape index (κ1) is 22.9. The molecule has 0 radical (unpaired) electrons. The van der Waals surface area contributed by atoms with Crippen LogP contribution in [-0.2, 0) is 9.31 Å². The Morgan fingerprint density at radius 2 is 1.18 bits per heavy atom. The van der Waals surface area contributed by atoms with E-state index in [1.165, 1.54) is 0 Å². The van der Waals surface area contributed by atoms with E-state index < -0.39 is 18.3 Å². The molecule has 1 aliphatic rings. The van der Waals surface area contributed by atoms with E-state index in [9.17, 15) is 0 Å². The van der Waals surface area contributed by atoms with Gasteiger partial charge in [-0.25, -0.2) is 0 Å². The third-order valence-corrected chi connectivity index (χ3v) is 8.72. The molecule has 1 aliphatic heterocycles. The molecule has 3 heterocycles. The zero-order chi connectivity index (χ0) is 26.5. The molecular weight excluding hydrogens is 483 g/mol. The van der Waals surface area contributed by atoms with Crippen LogP contribution in [0.5, 0.6) is 0 Å². The van der Waals surface area contributed by atoms with Gasteiger partial charge < -0.3 is 18.1 Å². The lowest BCUT2D eigenvalue weighted by molar-refractivity contribution is 0.00578. The van der Waals surface area contributed by atoms with E-state index in [4.69, 9.17) is 18.1 Å². The first-order valence-electron chi connectivity index (χ1n) is 13.4. The minimum Gasteiger partial charge on any atom is -0.455 e. The molecule has 190 valence electrons. The van der Waals surface area contributed by atoms with Gasteiger partial charge in [-0.15, -0.1) is 0 Å². The Balaban J connectivity index is 1.46. The van der Waals surface area contributed by atoms with E-state index in [-0.39, 0.29) is 0 Å². The van der Waals surface area contributed by atoms with Crippen molar-refractivity contribution in [1.29, 1.82) is 0 Å². The molecule has 4 nitrogen and oxygen atoms in total. The SMILES string of the molecule is CC1(C)OB(c2ccc(-c3cccc4c3oc3ccccc34)c3oc4cc5ccccc5cc4c23)OC1(C)C. The highest BCUT2D eigenvalue weighted by Gasteiger charge is 2.52. The van der Waals surface area contributed by atoms with Crippen molar-refractivity contribution < 1.29 is 18.1 Å². The summed E-state index contributed by atoms with van der Waals surface area (Å²) < 4.78 is 26.2. The van der Waals surface area contributed by atoms with Crippen molar-refractivity contribution in [2.45, 2.75) is 38.9 Å². The van der Waals surface area contributed by atoms with Crippen LogP contribution in [0.1, 0.15) is 27.7 Å². The Kier molecular flexibility index (Phi) is 4.55.